The Morgan fingerprint density at radius 2 is 2.40 bits per heavy atom. The van der Waals surface area contributed by atoms with Crippen molar-refractivity contribution in [3.05, 3.63) is 23.8 Å². The number of carbonyl (C=O) groups excluding carboxylic acids is 1. The Morgan fingerprint density at radius 1 is 1.60 bits per heavy atom. The molecule has 0 spiro atoms. The van der Waals surface area contributed by atoms with Gasteiger partial charge in [-0.05, 0) is 26.0 Å². The van der Waals surface area contributed by atoms with Crippen molar-refractivity contribution in [1.82, 2.24) is 15.3 Å². The number of aromatic nitrogens is 2. The molecule has 15 heavy (non-hydrogen) atoms. The molecule has 1 heterocycles. The first-order valence-electron chi connectivity index (χ1n) is 4.97. The van der Waals surface area contributed by atoms with Crippen LogP contribution in [0.5, 0.6) is 0 Å². The average Bonchev–Trinajstić information content (AvgIpc) is 2.23. The van der Waals surface area contributed by atoms with E-state index in [-0.39, 0.29) is 5.91 Å². The number of carbonyl (C=O) groups is 1. The third-order valence-corrected chi connectivity index (χ3v) is 1.91. The molecule has 0 aliphatic carbocycles. The minimum Gasteiger partial charge on any atom is -0.350 e. The van der Waals surface area contributed by atoms with Crippen LogP contribution in [-0.4, -0.2) is 22.4 Å². The maximum Gasteiger partial charge on any atom is 0.220 e. The summed E-state index contributed by atoms with van der Waals surface area (Å²) in [4.78, 5) is 19.4. The highest BCUT2D eigenvalue weighted by Crippen LogP contribution is 1.94. The molecule has 1 aromatic rings. The van der Waals surface area contributed by atoms with Gasteiger partial charge >= 0.3 is 0 Å². The number of nitrogens with two attached hydrogens (primary N) is 1. The van der Waals surface area contributed by atoms with Gasteiger partial charge < -0.3 is 11.1 Å². The molecule has 0 bridgehead atoms. The lowest BCUT2D eigenvalue weighted by atomic mass is 10.3. The van der Waals surface area contributed by atoms with Crippen LogP contribution in [0.4, 0.5) is 0 Å². The smallest absolute Gasteiger partial charge is 0.220 e. The van der Waals surface area contributed by atoms with Crippen molar-refractivity contribution in [2.75, 3.05) is 6.54 Å². The van der Waals surface area contributed by atoms with E-state index < -0.39 is 0 Å². The largest absolute Gasteiger partial charge is 0.350 e. The molecule has 1 rings (SSSR count). The molecule has 5 heteroatoms. The summed E-state index contributed by atoms with van der Waals surface area (Å²) in [6, 6.07) is 1.79. The maximum absolute atomic E-state index is 11.3. The lowest BCUT2D eigenvalue weighted by molar-refractivity contribution is -0.121. The van der Waals surface area contributed by atoms with E-state index in [1.807, 2.05) is 6.92 Å². The summed E-state index contributed by atoms with van der Waals surface area (Å²) in [5, 5.41) is 2.78. The molecule has 3 N–H and O–H groups in total. The van der Waals surface area contributed by atoms with Gasteiger partial charge in [0.25, 0.3) is 0 Å². The van der Waals surface area contributed by atoms with Crippen LogP contribution in [0.25, 0.3) is 0 Å². The standard InChI is InChI=1S/C10H16N4O/c1-8-12-6-4-9(14-8)7-13-10(15)3-2-5-11/h4,6H,2-3,5,7,11H2,1H3,(H,13,15). The van der Waals surface area contributed by atoms with Gasteiger partial charge in [-0.3, -0.25) is 4.79 Å². The van der Waals surface area contributed by atoms with Crippen molar-refractivity contribution in [1.29, 1.82) is 0 Å². The predicted molar refractivity (Wildman–Crippen MR) is 56.9 cm³/mol. The fraction of sp³-hybridized carbons (Fsp3) is 0.500. The van der Waals surface area contributed by atoms with Crippen LogP contribution in [0.2, 0.25) is 0 Å². The lowest BCUT2D eigenvalue weighted by Crippen LogP contribution is -2.23. The zero-order valence-corrected chi connectivity index (χ0v) is 8.86. The summed E-state index contributed by atoms with van der Waals surface area (Å²) in [5.74, 6) is 0.723. The molecule has 0 saturated heterocycles. The number of rotatable bonds is 5. The highest BCUT2D eigenvalue weighted by atomic mass is 16.1. The molecule has 0 aromatic carbocycles. The van der Waals surface area contributed by atoms with Gasteiger partial charge in [-0.1, -0.05) is 0 Å². The van der Waals surface area contributed by atoms with Crippen molar-refractivity contribution in [3.63, 3.8) is 0 Å². The number of amides is 1. The van der Waals surface area contributed by atoms with Crippen LogP contribution in [0, 0.1) is 6.92 Å². The van der Waals surface area contributed by atoms with Crippen molar-refractivity contribution in [2.24, 2.45) is 5.73 Å². The van der Waals surface area contributed by atoms with Crippen molar-refractivity contribution in [3.8, 4) is 0 Å². The van der Waals surface area contributed by atoms with Gasteiger partial charge in [0.15, 0.2) is 0 Å². The summed E-state index contributed by atoms with van der Waals surface area (Å²) < 4.78 is 0. The summed E-state index contributed by atoms with van der Waals surface area (Å²) in [6.45, 7) is 2.81. The van der Waals surface area contributed by atoms with E-state index in [9.17, 15) is 4.79 Å². The average molecular weight is 208 g/mol. The molecule has 0 fully saturated rings. The SMILES string of the molecule is Cc1nccc(CNC(=O)CCCN)n1. The number of nitrogens with one attached hydrogen (secondary N) is 1. The van der Waals surface area contributed by atoms with Crippen LogP contribution in [0.3, 0.4) is 0 Å². The van der Waals surface area contributed by atoms with Gasteiger partial charge in [0.2, 0.25) is 5.91 Å². The van der Waals surface area contributed by atoms with Gasteiger partial charge in [0, 0.05) is 12.6 Å². The van der Waals surface area contributed by atoms with E-state index in [0.717, 1.165) is 5.69 Å². The van der Waals surface area contributed by atoms with Crippen LogP contribution < -0.4 is 11.1 Å². The summed E-state index contributed by atoms with van der Waals surface area (Å²) in [7, 11) is 0. The van der Waals surface area contributed by atoms with Gasteiger partial charge in [-0.2, -0.15) is 0 Å². The number of aryl methyl sites for hydroxylation is 1. The Kier molecular flexibility index (Phi) is 4.70. The Balaban J connectivity index is 2.33. The topological polar surface area (TPSA) is 80.9 Å². The molecule has 1 amide bonds. The van der Waals surface area contributed by atoms with E-state index >= 15 is 0 Å². The summed E-state index contributed by atoms with van der Waals surface area (Å²) >= 11 is 0. The van der Waals surface area contributed by atoms with Gasteiger partial charge in [0.05, 0.1) is 12.2 Å². The zero-order valence-electron chi connectivity index (χ0n) is 8.86. The van der Waals surface area contributed by atoms with Gasteiger partial charge in [-0.25, -0.2) is 9.97 Å². The van der Waals surface area contributed by atoms with Crippen molar-refractivity contribution < 1.29 is 4.79 Å². The number of nitrogens with zero attached hydrogens (tertiary/aromatic N) is 2. The summed E-state index contributed by atoms with van der Waals surface area (Å²) in [6.07, 6.45) is 2.87. The van der Waals surface area contributed by atoms with E-state index in [1.165, 1.54) is 0 Å². The first kappa shape index (κ1) is 11.6. The molecule has 0 unspecified atom stereocenters. The molecule has 5 nitrogen and oxygen atoms in total. The van der Waals surface area contributed by atoms with Crippen molar-refractivity contribution >= 4 is 5.91 Å². The number of hydrogen-bond acceptors (Lipinski definition) is 4. The predicted octanol–water partition coefficient (Wildman–Crippen LogP) is 0.140. The van der Waals surface area contributed by atoms with E-state index in [0.29, 0.717) is 31.8 Å². The fourth-order valence-electron chi connectivity index (χ4n) is 1.14. The Bertz CT molecular complexity index is 327. The Hall–Kier alpha value is -1.49. The highest BCUT2D eigenvalue weighted by Gasteiger charge is 2.01. The first-order chi connectivity index (χ1) is 7.22. The molecular weight excluding hydrogens is 192 g/mol. The molecule has 82 valence electrons. The molecule has 0 aliphatic heterocycles. The minimum absolute atomic E-state index is 0.0108. The fourth-order valence-corrected chi connectivity index (χ4v) is 1.14. The third-order valence-electron chi connectivity index (χ3n) is 1.91. The highest BCUT2D eigenvalue weighted by molar-refractivity contribution is 5.75. The van der Waals surface area contributed by atoms with Crippen LogP contribution in [0.1, 0.15) is 24.4 Å². The second-order valence-corrected chi connectivity index (χ2v) is 3.26. The monoisotopic (exact) mass is 208 g/mol. The van der Waals surface area contributed by atoms with E-state index in [1.54, 1.807) is 12.3 Å². The Morgan fingerprint density at radius 3 is 3.07 bits per heavy atom. The maximum atomic E-state index is 11.3. The van der Waals surface area contributed by atoms with Crippen LogP contribution in [0.15, 0.2) is 12.3 Å². The Labute approximate surface area is 89.1 Å². The van der Waals surface area contributed by atoms with Gasteiger partial charge in [0.1, 0.15) is 5.82 Å². The van der Waals surface area contributed by atoms with Crippen LogP contribution >= 0.6 is 0 Å². The summed E-state index contributed by atoms with van der Waals surface area (Å²) in [5.41, 5.74) is 6.13. The number of hydrogen-bond donors (Lipinski definition) is 2. The van der Waals surface area contributed by atoms with E-state index in [2.05, 4.69) is 15.3 Å². The molecule has 0 atom stereocenters. The molecule has 1 aromatic heterocycles. The zero-order chi connectivity index (χ0) is 11.1. The minimum atomic E-state index is 0.0108. The first-order valence-corrected chi connectivity index (χ1v) is 4.97. The van der Waals surface area contributed by atoms with Gasteiger partial charge in [-0.15, -0.1) is 0 Å². The van der Waals surface area contributed by atoms with E-state index in [4.69, 9.17) is 5.73 Å². The van der Waals surface area contributed by atoms with Crippen LogP contribution in [-0.2, 0) is 11.3 Å². The molecule has 0 aliphatic rings. The normalized spacial score (nSPS) is 10.0. The molecular formula is C10H16N4O. The third kappa shape index (κ3) is 4.51. The van der Waals surface area contributed by atoms with Crippen molar-refractivity contribution in [2.45, 2.75) is 26.3 Å². The molecule has 0 radical (unpaired) electrons. The second-order valence-electron chi connectivity index (χ2n) is 3.26. The molecule has 0 saturated carbocycles. The lowest BCUT2D eigenvalue weighted by Gasteiger charge is -2.04. The second kappa shape index (κ2) is 6.08. The quantitative estimate of drug-likeness (QED) is 0.721.